The van der Waals surface area contributed by atoms with Crippen molar-refractivity contribution in [1.82, 2.24) is 4.90 Å². The summed E-state index contributed by atoms with van der Waals surface area (Å²) in [6.07, 6.45) is 0. The van der Waals surface area contributed by atoms with Crippen LogP contribution in [-0.4, -0.2) is 38.1 Å². The topological polar surface area (TPSA) is 58.6 Å². The normalized spacial score (nSPS) is 9.65. The average molecular weight is 257 g/mol. The molecule has 0 radical (unpaired) electrons. The van der Waals surface area contributed by atoms with Crippen molar-refractivity contribution in [3.8, 4) is 0 Å². The van der Waals surface area contributed by atoms with Crippen LogP contribution in [0.15, 0.2) is 18.2 Å². The number of halogens is 1. The summed E-state index contributed by atoms with van der Waals surface area (Å²) >= 11 is 5.91. The minimum Gasteiger partial charge on any atom is -0.465 e. The number of ether oxygens (including phenoxy) is 1. The quantitative estimate of drug-likeness (QED) is 0.826. The van der Waals surface area contributed by atoms with Crippen molar-refractivity contribution in [2.75, 3.05) is 26.5 Å². The smallest absolute Gasteiger partial charge is 0.337 e. The van der Waals surface area contributed by atoms with E-state index in [1.807, 2.05) is 0 Å². The first-order valence-corrected chi connectivity index (χ1v) is 5.19. The monoisotopic (exact) mass is 256 g/mol. The Labute approximate surface area is 104 Å². The molecule has 6 heteroatoms. The number of amides is 2. The first kappa shape index (κ1) is 13.3. The Bertz CT molecular complexity index is 446. The van der Waals surface area contributed by atoms with Crippen molar-refractivity contribution in [1.29, 1.82) is 0 Å². The standard InChI is InChI=1S/C11H13ClN2O3/c1-14(2)11(16)13-9-6-7(10(15)17-3)4-5-8(9)12/h4-6H,1-3H3,(H,13,16). The van der Waals surface area contributed by atoms with E-state index >= 15 is 0 Å². The fourth-order valence-corrected chi connectivity index (χ4v) is 1.26. The molecule has 1 aromatic carbocycles. The summed E-state index contributed by atoms with van der Waals surface area (Å²) in [6, 6.07) is 4.20. The second-order valence-electron chi connectivity index (χ2n) is 3.51. The number of nitrogens with one attached hydrogen (secondary N) is 1. The molecule has 0 bridgehead atoms. The number of anilines is 1. The van der Waals surface area contributed by atoms with Crippen molar-refractivity contribution >= 4 is 29.3 Å². The van der Waals surface area contributed by atoms with Crippen LogP contribution < -0.4 is 5.32 Å². The lowest BCUT2D eigenvalue weighted by atomic mass is 10.2. The summed E-state index contributed by atoms with van der Waals surface area (Å²) < 4.78 is 4.58. The van der Waals surface area contributed by atoms with E-state index in [-0.39, 0.29) is 6.03 Å². The largest absolute Gasteiger partial charge is 0.465 e. The molecular weight excluding hydrogens is 244 g/mol. The van der Waals surface area contributed by atoms with E-state index in [0.29, 0.717) is 16.3 Å². The maximum absolute atomic E-state index is 11.5. The Hall–Kier alpha value is -1.75. The van der Waals surface area contributed by atoms with Gasteiger partial charge in [0, 0.05) is 14.1 Å². The van der Waals surface area contributed by atoms with Gasteiger partial charge in [-0.3, -0.25) is 0 Å². The number of hydrogen-bond donors (Lipinski definition) is 1. The molecule has 0 atom stereocenters. The maximum Gasteiger partial charge on any atom is 0.337 e. The fraction of sp³-hybridized carbons (Fsp3) is 0.273. The highest BCUT2D eigenvalue weighted by molar-refractivity contribution is 6.33. The number of rotatable bonds is 2. The zero-order chi connectivity index (χ0) is 13.0. The minimum atomic E-state index is -0.484. The molecule has 0 heterocycles. The minimum absolute atomic E-state index is 0.325. The number of urea groups is 1. The lowest BCUT2D eigenvalue weighted by Gasteiger charge is -2.13. The molecule has 0 aromatic heterocycles. The Balaban J connectivity index is 2.99. The SMILES string of the molecule is COC(=O)c1ccc(Cl)c(NC(=O)N(C)C)c1. The number of methoxy groups -OCH3 is 1. The molecule has 0 aliphatic rings. The highest BCUT2D eigenvalue weighted by Gasteiger charge is 2.11. The summed E-state index contributed by atoms with van der Waals surface area (Å²) in [5.41, 5.74) is 0.694. The van der Waals surface area contributed by atoms with Crippen molar-refractivity contribution < 1.29 is 14.3 Å². The molecule has 0 saturated heterocycles. The summed E-state index contributed by atoms with van der Waals surface area (Å²) in [4.78, 5) is 24.1. The number of nitrogens with zero attached hydrogens (tertiary/aromatic N) is 1. The molecule has 0 aliphatic carbocycles. The van der Waals surface area contributed by atoms with E-state index in [1.54, 1.807) is 14.1 Å². The molecule has 1 N–H and O–H groups in total. The maximum atomic E-state index is 11.5. The Morgan fingerprint density at radius 1 is 1.35 bits per heavy atom. The van der Waals surface area contributed by atoms with Gasteiger partial charge in [0.1, 0.15) is 0 Å². The lowest BCUT2D eigenvalue weighted by Crippen LogP contribution is -2.27. The van der Waals surface area contributed by atoms with Crippen LogP contribution in [-0.2, 0) is 4.74 Å². The van der Waals surface area contributed by atoms with E-state index in [4.69, 9.17) is 11.6 Å². The number of esters is 1. The molecule has 0 fully saturated rings. The van der Waals surface area contributed by atoms with E-state index in [1.165, 1.54) is 30.2 Å². The Morgan fingerprint density at radius 3 is 2.53 bits per heavy atom. The van der Waals surface area contributed by atoms with Crippen molar-refractivity contribution in [2.45, 2.75) is 0 Å². The third-order valence-electron chi connectivity index (χ3n) is 2.04. The number of carbonyl (C=O) groups excluding carboxylic acids is 2. The number of hydrogen-bond acceptors (Lipinski definition) is 3. The molecule has 17 heavy (non-hydrogen) atoms. The average Bonchev–Trinajstić information content (AvgIpc) is 2.30. The molecule has 0 spiro atoms. The molecule has 92 valence electrons. The van der Waals surface area contributed by atoms with Crippen LogP contribution in [0.2, 0.25) is 5.02 Å². The molecule has 0 saturated carbocycles. The third-order valence-corrected chi connectivity index (χ3v) is 2.36. The molecule has 0 aliphatic heterocycles. The first-order valence-electron chi connectivity index (χ1n) is 4.82. The van der Waals surface area contributed by atoms with Crippen LogP contribution in [0, 0.1) is 0 Å². The van der Waals surface area contributed by atoms with Gasteiger partial charge in [-0.15, -0.1) is 0 Å². The van der Waals surface area contributed by atoms with Crippen molar-refractivity contribution in [3.63, 3.8) is 0 Å². The van der Waals surface area contributed by atoms with Gasteiger partial charge in [0.15, 0.2) is 0 Å². The molecule has 2 amide bonds. The second-order valence-corrected chi connectivity index (χ2v) is 3.92. The van der Waals surface area contributed by atoms with Gasteiger partial charge >= 0.3 is 12.0 Å². The van der Waals surface area contributed by atoms with E-state index in [2.05, 4.69) is 10.1 Å². The van der Waals surface area contributed by atoms with E-state index in [9.17, 15) is 9.59 Å². The predicted molar refractivity (Wildman–Crippen MR) is 65.5 cm³/mol. The summed E-state index contributed by atoms with van der Waals surface area (Å²) in [6.45, 7) is 0. The fourth-order valence-electron chi connectivity index (χ4n) is 1.09. The van der Waals surface area contributed by atoms with Crippen molar-refractivity contribution in [3.05, 3.63) is 28.8 Å². The second kappa shape index (κ2) is 5.54. The first-order chi connectivity index (χ1) is 7.95. The van der Waals surface area contributed by atoms with Crippen LogP contribution in [0.5, 0.6) is 0 Å². The van der Waals surface area contributed by atoms with E-state index in [0.717, 1.165) is 0 Å². The van der Waals surface area contributed by atoms with Gasteiger partial charge in [0.2, 0.25) is 0 Å². The number of benzene rings is 1. The lowest BCUT2D eigenvalue weighted by molar-refractivity contribution is 0.0600. The summed E-state index contributed by atoms with van der Waals surface area (Å²) in [5, 5.41) is 2.93. The Kier molecular flexibility index (Phi) is 4.34. The number of carbonyl (C=O) groups is 2. The van der Waals surface area contributed by atoms with Crippen LogP contribution >= 0.6 is 11.6 Å². The third kappa shape index (κ3) is 3.35. The summed E-state index contributed by atoms with van der Waals surface area (Å²) in [7, 11) is 4.50. The molecular formula is C11H13ClN2O3. The van der Waals surface area contributed by atoms with Gasteiger partial charge in [0.05, 0.1) is 23.4 Å². The molecule has 1 aromatic rings. The molecule has 0 unspecified atom stereocenters. The van der Waals surface area contributed by atoms with Gasteiger partial charge < -0.3 is 15.0 Å². The van der Waals surface area contributed by atoms with Crippen LogP contribution in [0.4, 0.5) is 10.5 Å². The van der Waals surface area contributed by atoms with Gasteiger partial charge in [0.25, 0.3) is 0 Å². The highest BCUT2D eigenvalue weighted by Crippen LogP contribution is 2.23. The highest BCUT2D eigenvalue weighted by atomic mass is 35.5. The Morgan fingerprint density at radius 2 is 2.00 bits per heavy atom. The van der Waals surface area contributed by atoms with E-state index < -0.39 is 5.97 Å². The molecule has 5 nitrogen and oxygen atoms in total. The molecule has 1 rings (SSSR count). The van der Waals surface area contributed by atoms with Crippen molar-refractivity contribution in [2.24, 2.45) is 0 Å². The zero-order valence-corrected chi connectivity index (χ0v) is 10.5. The summed E-state index contributed by atoms with van der Waals surface area (Å²) in [5.74, 6) is -0.484. The van der Waals surface area contributed by atoms with Gasteiger partial charge in [-0.2, -0.15) is 0 Å². The predicted octanol–water partition coefficient (Wildman–Crippen LogP) is 2.22. The van der Waals surface area contributed by atoms with Crippen LogP contribution in [0.3, 0.4) is 0 Å². The van der Waals surface area contributed by atoms with Gasteiger partial charge in [-0.05, 0) is 18.2 Å². The zero-order valence-electron chi connectivity index (χ0n) is 9.78. The van der Waals surface area contributed by atoms with Gasteiger partial charge in [-0.25, -0.2) is 9.59 Å². The van der Waals surface area contributed by atoms with Crippen LogP contribution in [0.1, 0.15) is 10.4 Å². The van der Waals surface area contributed by atoms with Crippen LogP contribution in [0.25, 0.3) is 0 Å². The van der Waals surface area contributed by atoms with Gasteiger partial charge in [-0.1, -0.05) is 11.6 Å².